The summed E-state index contributed by atoms with van der Waals surface area (Å²) in [6.07, 6.45) is 3.11. The third-order valence-electron chi connectivity index (χ3n) is 4.70. The Labute approximate surface area is 152 Å². The van der Waals surface area contributed by atoms with Gasteiger partial charge in [-0.05, 0) is 30.5 Å². The molecule has 0 spiro atoms. The van der Waals surface area contributed by atoms with Crippen molar-refractivity contribution in [3.63, 3.8) is 0 Å². The Bertz CT molecular complexity index is 918. The highest BCUT2D eigenvalue weighted by atomic mass is 16.4. The largest absolute Gasteiger partial charge is 0.439 e. The molecule has 132 valence electrons. The van der Waals surface area contributed by atoms with Gasteiger partial charge in [0.05, 0.1) is 12.7 Å². The second kappa shape index (κ2) is 7.14. The third kappa shape index (κ3) is 3.53. The molecule has 2 heterocycles. The van der Waals surface area contributed by atoms with Gasteiger partial charge in [0.25, 0.3) is 0 Å². The van der Waals surface area contributed by atoms with Gasteiger partial charge in [-0.1, -0.05) is 42.5 Å². The molecule has 0 saturated carbocycles. The number of oxazole rings is 1. The molecule has 0 unspecified atom stereocenters. The number of carbonyl (C=O) groups excluding carboxylic acids is 1. The Kier molecular flexibility index (Phi) is 4.54. The van der Waals surface area contributed by atoms with Crippen molar-refractivity contribution < 1.29 is 9.21 Å². The molecule has 1 aliphatic rings. The van der Waals surface area contributed by atoms with Crippen LogP contribution in [-0.4, -0.2) is 10.9 Å². The second-order valence-corrected chi connectivity index (χ2v) is 6.55. The van der Waals surface area contributed by atoms with Crippen LogP contribution in [0, 0.1) is 0 Å². The minimum Gasteiger partial charge on any atom is -0.439 e. The molecule has 0 bridgehead atoms. The minimum absolute atomic E-state index is 0.0922. The van der Waals surface area contributed by atoms with Crippen molar-refractivity contribution in [1.29, 1.82) is 0 Å². The molecule has 0 radical (unpaired) electrons. The molecule has 0 fully saturated rings. The van der Waals surface area contributed by atoms with Crippen LogP contribution < -0.4 is 10.6 Å². The zero-order valence-electron chi connectivity index (χ0n) is 14.7. The van der Waals surface area contributed by atoms with E-state index < -0.39 is 0 Å². The highest BCUT2D eigenvalue weighted by molar-refractivity contribution is 5.93. The number of hydrogen-bond acceptors (Lipinski definition) is 4. The fourth-order valence-corrected chi connectivity index (χ4v) is 3.16. The van der Waals surface area contributed by atoms with Gasteiger partial charge in [-0.25, -0.2) is 4.98 Å². The molecule has 1 aromatic heterocycles. The summed E-state index contributed by atoms with van der Waals surface area (Å²) in [5.74, 6) is 1.54. The highest BCUT2D eigenvalue weighted by Gasteiger charge is 2.16. The van der Waals surface area contributed by atoms with E-state index >= 15 is 0 Å². The Morgan fingerprint density at radius 2 is 2.04 bits per heavy atom. The molecule has 0 saturated heterocycles. The molecule has 1 aliphatic heterocycles. The molecule has 2 N–H and O–H groups in total. The van der Waals surface area contributed by atoms with Gasteiger partial charge in [-0.15, -0.1) is 0 Å². The molecule has 3 aromatic rings. The Balaban J connectivity index is 1.41. The summed E-state index contributed by atoms with van der Waals surface area (Å²) < 4.78 is 5.84. The zero-order chi connectivity index (χ0) is 17.9. The fraction of sp³-hybridized carbons (Fsp3) is 0.238. The van der Waals surface area contributed by atoms with Crippen LogP contribution >= 0.6 is 0 Å². The van der Waals surface area contributed by atoms with E-state index in [4.69, 9.17) is 4.42 Å². The van der Waals surface area contributed by atoms with E-state index in [0.29, 0.717) is 18.9 Å². The average Bonchev–Trinajstić information content (AvgIpc) is 3.15. The molecule has 5 nitrogen and oxygen atoms in total. The van der Waals surface area contributed by atoms with E-state index in [-0.39, 0.29) is 11.9 Å². The fourth-order valence-electron chi connectivity index (χ4n) is 3.16. The first kappa shape index (κ1) is 16.5. The Hall–Kier alpha value is -2.92. The van der Waals surface area contributed by atoms with Gasteiger partial charge in [0.1, 0.15) is 0 Å². The maximum Gasteiger partial charge on any atom is 0.224 e. The SMILES string of the molecule is C[C@H](NCc1ncc(-c2ccccc2)o1)c1ccc2c(c1)CCC(=O)N2. The lowest BCUT2D eigenvalue weighted by Crippen LogP contribution is -2.21. The molecular weight excluding hydrogens is 326 g/mol. The number of carbonyl (C=O) groups is 1. The van der Waals surface area contributed by atoms with Gasteiger partial charge < -0.3 is 15.1 Å². The first-order chi connectivity index (χ1) is 12.7. The highest BCUT2D eigenvalue weighted by Crippen LogP contribution is 2.26. The molecule has 5 heteroatoms. The number of benzene rings is 2. The van der Waals surface area contributed by atoms with Crippen LogP contribution in [0.4, 0.5) is 5.69 Å². The monoisotopic (exact) mass is 347 g/mol. The number of hydrogen-bond donors (Lipinski definition) is 2. The molecule has 26 heavy (non-hydrogen) atoms. The van der Waals surface area contributed by atoms with Crippen molar-refractivity contribution in [2.75, 3.05) is 5.32 Å². The van der Waals surface area contributed by atoms with Crippen molar-refractivity contribution in [3.8, 4) is 11.3 Å². The number of rotatable bonds is 5. The van der Waals surface area contributed by atoms with Crippen LogP contribution in [0.15, 0.2) is 59.1 Å². The van der Waals surface area contributed by atoms with E-state index in [1.165, 1.54) is 11.1 Å². The summed E-state index contributed by atoms with van der Waals surface area (Å²) in [5, 5.41) is 6.37. The summed E-state index contributed by atoms with van der Waals surface area (Å²) in [7, 11) is 0. The second-order valence-electron chi connectivity index (χ2n) is 6.55. The first-order valence-electron chi connectivity index (χ1n) is 8.85. The van der Waals surface area contributed by atoms with E-state index in [1.807, 2.05) is 42.5 Å². The van der Waals surface area contributed by atoms with Crippen molar-refractivity contribution in [1.82, 2.24) is 10.3 Å². The maximum absolute atomic E-state index is 11.5. The van der Waals surface area contributed by atoms with Crippen LogP contribution in [-0.2, 0) is 17.8 Å². The van der Waals surface area contributed by atoms with Crippen LogP contribution in [0.25, 0.3) is 11.3 Å². The number of aryl methyl sites for hydroxylation is 1. The minimum atomic E-state index is 0.0922. The lowest BCUT2D eigenvalue weighted by molar-refractivity contribution is -0.116. The van der Waals surface area contributed by atoms with Gasteiger partial charge in [0.2, 0.25) is 11.8 Å². The molecule has 2 aromatic carbocycles. The summed E-state index contributed by atoms with van der Waals surface area (Å²) in [6, 6.07) is 16.3. The lowest BCUT2D eigenvalue weighted by atomic mass is 9.98. The van der Waals surface area contributed by atoms with Crippen molar-refractivity contribution in [2.24, 2.45) is 0 Å². The van der Waals surface area contributed by atoms with Crippen LogP contribution in [0.3, 0.4) is 0 Å². The predicted molar refractivity (Wildman–Crippen MR) is 101 cm³/mol. The third-order valence-corrected chi connectivity index (χ3v) is 4.70. The van der Waals surface area contributed by atoms with E-state index in [1.54, 1.807) is 6.20 Å². The zero-order valence-corrected chi connectivity index (χ0v) is 14.7. The summed E-state index contributed by atoms with van der Waals surface area (Å²) in [5.41, 5.74) is 4.33. The molecule has 0 aliphatic carbocycles. The number of nitrogens with one attached hydrogen (secondary N) is 2. The van der Waals surface area contributed by atoms with Crippen molar-refractivity contribution in [2.45, 2.75) is 32.4 Å². The smallest absolute Gasteiger partial charge is 0.224 e. The standard InChI is InChI=1S/C21H21N3O2/c1-14(16-7-9-18-17(11-16)8-10-20(25)24-18)22-13-21-23-12-19(26-21)15-5-3-2-4-6-15/h2-7,9,11-12,14,22H,8,10,13H2,1H3,(H,24,25)/t14-/m0/s1. The quantitative estimate of drug-likeness (QED) is 0.730. The molecule has 1 atom stereocenters. The van der Waals surface area contributed by atoms with Crippen LogP contribution in [0.1, 0.15) is 36.4 Å². The van der Waals surface area contributed by atoms with Gasteiger partial charge in [-0.2, -0.15) is 0 Å². The van der Waals surface area contributed by atoms with Gasteiger partial charge in [-0.3, -0.25) is 4.79 Å². The lowest BCUT2D eigenvalue weighted by Gasteiger charge is -2.20. The summed E-state index contributed by atoms with van der Waals surface area (Å²) in [4.78, 5) is 15.8. The summed E-state index contributed by atoms with van der Waals surface area (Å²) in [6.45, 7) is 2.67. The van der Waals surface area contributed by atoms with E-state index in [9.17, 15) is 4.79 Å². The van der Waals surface area contributed by atoms with Crippen LogP contribution in [0.5, 0.6) is 0 Å². The number of aromatic nitrogens is 1. The number of anilines is 1. The number of fused-ring (bicyclic) bond motifs is 1. The average molecular weight is 347 g/mol. The number of amides is 1. The predicted octanol–water partition coefficient (Wildman–Crippen LogP) is 4.08. The molecular formula is C21H21N3O2. The summed E-state index contributed by atoms with van der Waals surface area (Å²) >= 11 is 0. The van der Waals surface area contributed by atoms with E-state index in [2.05, 4.69) is 28.6 Å². The normalized spacial score (nSPS) is 14.6. The van der Waals surface area contributed by atoms with Crippen LogP contribution in [0.2, 0.25) is 0 Å². The van der Waals surface area contributed by atoms with Crippen molar-refractivity contribution >= 4 is 11.6 Å². The Morgan fingerprint density at radius 1 is 1.19 bits per heavy atom. The van der Waals surface area contributed by atoms with Crippen molar-refractivity contribution in [3.05, 3.63) is 71.7 Å². The number of nitrogens with zero attached hydrogens (tertiary/aromatic N) is 1. The van der Waals surface area contributed by atoms with Gasteiger partial charge in [0, 0.05) is 23.7 Å². The topological polar surface area (TPSA) is 67.2 Å². The van der Waals surface area contributed by atoms with Gasteiger partial charge >= 0.3 is 0 Å². The molecule has 4 rings (SSSR count). The maximum atomic E-state index is 11.5. The van der Waals surface area contributed by atoms with Gasteiger partial charge in [0.15, 0.2) is 5.76 Å². The Morgan fingerprint density at radius 3 is 2.88 bits per heavy atom. The van der Waals surface area contributed by atoms with E-state index in [0.717, 1.165) is 23.4 Å². The first-order valence-corrected chi connectivity index (χ1v) is 8.85. The molecule has 1 amide bonds.